The van der Waals surface area contributed by atoms with Gasteiger partial charge in [0.1, 0.15) is 0 Å². The molecule has 1 aromatic rings. The van der Waals surface area contributed by atoms with E-state index >= 15 is 0 Å². The average Bonchev–Trinajstić information content (AvgIpc) is 1.97. The SMILES string of the molecule is C=c1cc(CC)c(=C)cc1N. The van der Waals surface area contributed by atoms with Crippen LogP contribution in [0.1, 0.15) is 12.5 Å². The second-order valence-corrected chi connectivity index (χ2v) is 2.67. The number of anilines is 1. The Kier molecular flexibility index (Phi) is 1.99. The Bertz CT molecular complexity index is 352. The Hall–Kier alpha value is -1.24. The molecule has 58 valence electrons. The van der Waals surface area contributed by atoms with Gasteiger partial charge in [-0.3, -0.25) is 0 Å². The van der Waals surface area contributed by atoms with Gasteiger partial charge >= 0.3 is 0 Å². The fourth-order valence-electron chi connectivity index (χ4n) is 1.09. The maximum absolute atomic E-state index is 5.64. The van der Waals surface area contributed by atoms with Crippen LogP contribution in [-0.4, -0.2) is 0 Å². The average molecular weight is 147 g/mol. The highest BCUT2D eigenvalue weighted by atomic mass is 14.5. The molecule has 0 fully saturated rings. The lowest BCUT2D eigenvalue weighted by molar-refractivity contribution is 1.12. The van der Waals surface area contributed by atoms with Gasteiger partial charge in [0.2, 0.25) is 0 Å². The Balaban J connectivity index is 3.45. The lowest BCUT2D eigenvalue weighted by Crippen LogP contribution is -2.16. The number of hydrogen-bond donors (Lipinski definition) is 1. The standard InChI is InChI=1S/C10H13N/c1-4-9-5-8(3)10(11)6-7(9)2/h5-6H,2-4,11H2,1H3. The molecule has 0 atom stereocenters. The minimum atomic E-state index is 0.729. The highest BCUT2D eigenvalue weighted by Crippen LogP contribution is 1.92. The van der Waals surface area contributed by atoms with Gasteiger partial charge in [0, 0.05) is 5.69 Å². The maximum atomic E-state index is 5.64. The molecule has 0 unspecified atom stereocenters. The highest BCUT2D eigenvalue weighted by Gasteiger charge is 1.92. The van der Waals surface area contributed by atoms with Crippen LogP contribution >= 0.6 is 0 Å². The Labute approximate surface area is 66.9 Å². The monoisotopic (exact) mass is 147 g/mol. The van der Waals surface area contributed by atoms with Gasteiger partial charge < -0.3 is 5.73 Å². The van der Waals surface area contributed by atoms with Crippen molar-refractivity contribution in [2.75, 3.05) is 5.73 Å². The lowest BCUT2D eigenvalue weighted by atomic mass is 10.1. The third kappa shape index (κ3) is 1.43. The molecule has 11 heavy (non-hydrogen) atoms. The number of rotatable bonds is 1. The molecule has 0 saturated heterocycles. The molecule has 0 heterocycles. The molecule has 0 aromatic heterocycles. The van der Waals surface area contributed by atoms with Crippen LogP contribution in [0.4, 0.5) is 5.69 Å². The Morgan fingerprint density at radius 1 is 1.27 bits per heavy atom. The van der Waals surface area contributed by atoms with Crippen molar-refractivity contribution in [3.05, 3.63) is 28.1 Å². The molecular weight excluding hydrogens is 134 g/mol. The van der Waals surface area contributed by atoms with Crippen LogP contribution in [0.3, 0.4) is 0 Å². The number of aryl methyl sites for hydroxylation is 1. The molecule has 0 radical (unpaired) electrons. The molecule has 0 aliphatic heterocycles. The first-order valence-corrected chi connectivity index (χ1v) is 3.71. The first-order valence-electron chi connectivity index (χ1n) is 3.71. The van der Waals surface area contributed by atoms with E-state index in [1.807, 2.05) is 12.1 Å². The van der Waals surface area contributed by atoms with E-state index in [2.05, 4.69) is 20.1 Å². The fourth-order valence-corrected chi connectivity index (χ4v) is 1.09. The summed E-state index contributed by atoms with van der Waals surface area (Å²) < 4.78 is 0. The molecule has 1 heteroatoms. The third-order valence-corrected chi connectivity index (χ3v) is 1.84. The van der Waals surface area contributed by atoms with Crippen LogP contribution in [0.15, 0.2) is 12.1 Å². The van der Waals surface area contributed by atoms with E-state index in [-0.39, 0.29) is 0 Å². The zero-order chi connectivity index (χ0) is 8.43. The summed E-state index contributed by atoms with van der Waals surface area (Å²) in [5.41, 5.74) is 7.60. The van der Waals surface area contributed by atoms with Crippen molar-refractivity contribution in [1.82, 2.24) is 0 Å². The Morgan fingerprint density at radius 2 is 1.91 bits per heavy atom. The van der Waals surface area contributed by atoms with Crippen LogP contribution in [-0.2, 0) is 6.42 Å². The summed E-state index contributed by atoms with van der Waals surface area (Å²) >= 11 is 0. The first-order chi connectivity index (χ1) is 5.15. The molecule has 1 rings (SSSR count). The maximum Gasteiger partial charge on any atom is 0.0387 e. The first kappa shape index (κ1) is 7.86. The van der Waals surface area contributed by atoms with Gasteiger partial charge in [-0.05, 0) is 34.6 Å². The fraction of sp³-hybridized carbons (Fsp3) is 0.200. The van der Waals surface area contributed by atoms with Crippen molar-refractivity contribution in [3.8, 4) is 0 Å². The van der Waals surface area contributed by atoms with E-state index in [1.54, 1.807) is 0 Å². The second kappa shape index (κ2) is 2.79. The van der Waals surface area contributed by atoms with Crippen molar-refractivity contribution in [3.63, 3.8) is 0 Å². The van der Waals surface area contributed by atoms with Crippen molar-refractivity contribution in [2.45, 2.75) is 13.3 Å². The van der Waals surface area contributed by atoms with Crippen LogP contribution in [0, 0.1) is 0 Å². The molecular formula is C10H13N. The molecule has 0 saturated carbocycles. The van der Waals surface area contributed by atoms with Gasteiger partial charge in [-0.2, -0.15) is 0 Å². The van der Waals surface area contributed by atoms with E-state index in [4.69, 9.17) is 5.73 Å². The van der Waals surface area contributed by atoms with Crippen LogP contribution in [0.2, 0.25) is 0 Å². The van der Waals surface area contributed by atoms with Crippen LogP contribution in [0.25, 0.3) is 13.2 Å². The minimum absolute atomic E-state index is 0.729. The molecule has 1 nitrogen and oxygen atoms in total. The predicted octanol–water partition coefficient (Wildman–Crippen LogP) is 0.652. The van der Waals surface area contributed by atoms with E-state index in [9.17, 15) is 0 Å². The van der Waals surface area contributed by atoms with E-state index in [1.165, 1.54) is 5.56 Å². The topological polar surface area (TPSA) is 26.0 Å². The number of nitrogen functional groups attached to an aromatic ring is 1. The van der Waals surface area contributed by atoms with E-state index in [0.717, 1.165) is 22.5 Å². The molecule has 0 amide bonds. The highest BCUT2D eigenvalue weighted by molar-refractivity contribution is 5.44. The van der Waals surface area contributed by atoms with E-state index in [0.29, 0.717) is 0 Å². The quantitative estimate of drug-likeness (QED) is 0.580. The molecule has 0 aliphatic rings. The normalized spacial score (nSPS) is 9.91. The third-order valence-electron chi connectivity index (χ3n) is 1.84. The second-order valence-electron chi connectivity index (χ2n) is 2.67. The van der Waals surface area contributed by atoms with Crippen molar-refractivity contribution in [2.24, 2.45) is 0 Å². The molecule has 0 spiro atoms. The lowest BCUT2D eigenvalue weighted by Gasteiger charge is -1.99. The summed E-state index contributed by atoms with van der Waals surface area (Å²) in [6, 6.07) is 3.87. The Morgan fingerprint density at radius 3 is 2.45 bits per heavy atom. The van der Waals surface area contributed by atoms with Gasteiger partial charge in [-0.25, -0.2) is 0 Å². The minimum Gasteiger partial charge on any atom is -0.398 e. The molecule has 0 aliphatic carbocycles. The summed E-state index contributed by atoms with van der Waals surface area (Å²) in [5, 5.41) is 1.91. The zero-order valence-electron chi connectivity index (χ0n) is 6.85. The van der Waals surface area contributed by atoms with Gasteiger partial charge in [-0.1, -0.05) is 20.1 Å². The molecule has 1 aromatic carbocycles. The number of nitrogens with two attached hydrogens (primary N) is 1. The molecule has 2 N–H and O–H groups in total. The predicted molar refractivity (Wildman–Crippen MR) is 50.5 cm³/mol. The van der Waals surface area contributed by atoms with Gasteiger partial charge in [0.05, 0.1) is 0 Å². The van der Waals surface area contributed by atoms with Gasteiger partial charge in [0.15, 0.2) is 0 Å². The largest absolute Gasteiger partial charge is 0.398 e. The van der Waals surface area contributed by atoms with Crippen LogP contribution in [0.5, 0.6) is 0 Å². The summed E-state index contributed by atoms with van der Waals surface area (Å²) in [7, 11) is 0. The number of benzene rings is 1. The van der Waals surface area contributed by atoms with Crippen molar-refractivity contribution < 1.29 is 0 Å². The van der Waals surface area contributed by atoms with E-state index < -0.39 is 0 Å². The summed E-state index contributed by atoms with van der Waals surface area (Å²) in [6.45, 7) is 9.80. The summed E-state index contributed by atoms with van der Waals surface area (Å²) in [4.78, 5) is 0. The smallest absolute Gasteiger partial charge is 0.0387 e. The summed E-state index contributed by atoms with van der Waals surface area (Å²) in [6.07, 6.45) is 0.988. The summed E-state index contributed by atoms with van der Waals surface area (Å²) in [5.74, 6) is 0. The van der Waals surface area contributed by atoms with Crippen molar-refractivity contribution >= 4 is 18.8 Å². The zero-order valence-corrected chi connectivity index (χ0v) is 6.85. The van der Waals surface area contributed by atoms with Gasteiger partial charge in [-0.15, -0.1) is 0 Å². The molecule has 0 bridgehead atoms. The van der Waals surface area contributed by atoms with Crippen molar-refractivity contribution in [1.29, 1.82) is 0 Å². The number of hydrogen-bond acceptors (Lipinski definition) is 1. The van der Waals surface area contributed by atoms with Gasteiger partial charge in [0.25, 0.3) is 0 Å². The van der Waals surface area contributed by atoms with Crippen LogP contribution < -0.4 is 16.2 Å².